The van der Waals surface area contributed by atoms with E-state index >= 15 is 0 Å². The van der Waals surface area contributed by atoms with Gasteiger partial charge in [0.05, 0.1) is 46.8 Å². The number of rotatable bonds is 19. The molecule has 1 aromatic heterocycles. The van der Waals surface area contributed by atoms with Gasteiger partial charge in [0.15, 0.2) is 11.5 Å². The second-order valence-electron chi connectivity index (χ2n) is 10.6. The Morgan fingerprint density at radius 3 is 2.39 bits per heavy atom. The molecule has 0 N–H and O–H groups in total. The van der Waals surface area contributed by atoms with Crippen LogP contribution in [-0.2, 0) is 27.3 Å². The molecule has 1 aromatic carbocycles. The first kappa shape index (κ1) is 32.5. The molecule has 3 rings (SSSR count). The molecule has 0 unspecified atom stereocenters. The van der Waals surface area contributed by atoms with Crippen LogP contribution in [0.25, 0.3) is 0 Å². The summed E-state index contributed by atoms with van der Waals surface area (Å²) < 4.78 is 21.9. The van der Waals surface area contributed by atoms with Crippen molar-refractivity contribution in [2.75, 3.05) is 66.7 Å². The summed E-state index contributed by atoms with van der Waals surface area (Å²) >= 11 is 0. The first-order valence-electron chi connectivity index (χ1n) is 15.1. The number of morpholine rings is 1. The van der Waals surface area contributed by atoms with Crippen molar-refractivity contribution in [1.29, 1.82) is 0 Å². The maximum absolute atomic E-state index is 13.7. The van der Waals surface area contributed by atoms with E-state index in [0.717, 1.165) is 64.1 Å². The zero-order valence-corrected chi connectivity index (χ0v) is 25.3. The van der Waals surface area contributed by atoms with Gasteiger partial charge in [-0.2, -0.15) is 0 Å². The lowest BCUT2D eigenvalue weighted by Crippen LogP contribution is -2.44. The number of unbranched alkanes of at least 4 members (excludes halogenated alkanes) is 4. The van der Waals surface area contributed by atoms with Crippen molar-refractivity contribution in [2.24, 2.45) is 0 Å². The number of furan rings is 1. The minimum absolute atomic E-state index is 0.0645. The third-order valence-electron chi connectivity index (χ3n) is 7.58. The van der Waals surface area contributed by atoms with Crippen LogP contribution in [0.1, 0.15) is 63.2 Å². The summed E-state index contributed by atoms with van der Waals surface area (Å²) in [5.74, 6) is 2.03. The summed E-state index contributed by atoms with van der Waals surface area (Å²) in [6.07, 6.45) is 8.99. The Hall–Kier alpha value is -3.04. The number of ether oxygens (including phenoxy) is 3. The van der Waals surface area contributed by atoms with Gasteiger partial charge in [0.2, 0.25) is 11.8 Å². The van der Waals surface area contributed by atoms with Crippen LogP contribution in [0.15, 0.2) is 41.0 Å². The molecular weight excluding hydrogens is 522 g/mol. The maximum atomic E-state index is 13.7. The Morgan fingerprint density at radius 2 is 1.68 bits per heavy atom. The fourth-order valence-electron chi connectivity index (χ4n) is 5.09. The second-order valence-corrected chi connectivity index (χ2v) is 10.6. The first-order chi connectivity index (χ1) is 20.0. The Bertz CT molecular complexity index is 1020. The SMILES string of the molecule is CCCCCCCC(=O)N(CCCN1CCOCC1)CC(=O)N(CCc1ccc(OC)c(OC)c1)Cc1ccco1. The third kappa shape index (κ3) is 11.4. The first-order valence-corrected chi connectivity index (χ1v) is 15.1. The third-order valence-corrected chi connectivity index (χ3v) is 7.58. The fourth-order valence-corrected chi connectivity index (χ4v) is 5.09. The molecule has 2 heterocycles. The molecule has 0 aliphatic carbocycles. The van der Waals surface area contributed by atoms with E-state index in [4.69, 9.17) is 18.6 Å². The fraction of sp³-hybridized carbons (Fsp3) is 0.625. The highest BCUT2D eigenvalue weighted by Gasteiger charge is 2.23. The zero-order chi connectivity index (χ0) is 29.3. The molecule has 9 heteroatoms. The normalized spacial score (nSPS) is 13.6. The second kappa shape index (κ2) is 18.4. The number of methoxy groups -OCH3 is 2. The van der Waals surface area contributed by atoms with Crippen LogP contribution in [0, 0.1) is 0 Å². The molecule has 0 bridgehead atoms. The monoisotopic (exact) mass is 571 g/mol. The van der Waals surface area contributed by atoms with Crippen LogP contribution in [0.5, 0.6) is 11.5 Å². The Labute approximate surface area is 245 Å². The molecule has 2 amide bonds. The summed E-state index contributed by atoms with van der Waals surface area (Å²) in [5, 5.41) is 0. The molecule has 0 radical (unpaired) electrons. The molecule has 1 saturated heterocycles. The van der Waals surface area contributed by atoms with Gasteiger partial charge < -0.3 is 28.4 Å². The number of carbonyl (C=O) groups excluding carboxylic acids is 2. The number of amides is 2. The van der Waals surface area contributed by atoms with Gasteiger partial charge in [0.25, 0.3) is 0 Å². The summed E-state index contributed by atoms with van der Waals surface area (Å²) in [7, 11) is 3.23. The van der Waals surface area contributed by atoms with Crippen LogP contribution in [0.4, 0.5) is 0 Å². The van der Waals surface area contributed by atoms with Gasteiger partial charge in [-0.1, -0.05) is 38.7 Å². The Morgan fingerprint density at radius 1 is 0.902 bits per heavy atom. The minimum atomic E-state index is -0.0763. The van der Waals surface area contributed by atoms with E-state index in [1.54, 1.807) is 30.3 Å². The van der Waals surface area contributed by atoms with Crippen molar-refractivity contribution >= 4 is 11.8 Å². The highest BCUT2D eigenvalue weighted by Crippen LogP contribution is 2.28. The van der Waals surface area contributed by atoms with Gasteiger partial charge >= 0.3 is 0 Å². The smallest absolute Gasteiger partial charge is 0.242 e. The van der Waals surface area contributed by atoms with Crippen LogP contribution in [0.2, 0.25) is 0 Å². The van der Waals surface area contributed by atoms with Crippen molar-refractivity contribution < 1.29 is 28.2 Å². The van der Waals surface area contributed by atoms with E-state index in [9.17, 15) is 9.59 Å². The Kier molecular flexibility index (Phi) is 14.6. The lowest BCUT2D eigenvalue weighted by Gasteiger charge is -2.30. The zero-order valence-electron chi connectivity index (χ0n) is 25.3. The van der Waals surface area contributed by atoms with E-state index in [2.05, 4.69) is 11.8 Å². The van der Waals surface area contributed by atoms with E-state index in [1.165, 1.54) is 12.8 Å². The van der Waals surface area contributed by atoms with Crippen LogP contribution < -0.4 is 9.47 Å². The molecule has 1 fully saturated rings. The van der Waals surface area contributed by atoms with Crippen molar-refractivity contribution in [3.63, 3.8) is 0 Å². The van der Waals surface area contributed by atoms with E-state index in [0.29, 0.717) is 49.7 Å². The van der Waals surface area contributed by atoms with Crippen molar-refractivity contribution in [1.82, 2.24) is 14.7 Å². The quantitative estimate of drug-likeness (QED) is 0.224. The van der Waals surface area contributed by atoms with E-state index in [-0.39, 0.29) is 18.4 Å². The van der Waals surface area contributed by atoms with E-state index < -0.39 is 0 Å². The number of hydrogen-bond acceptors (Lipinski definition) is 7. The summed E-state index contributed by atoms with van der Waals surface area (Å²) in [6, 6.07) is 9.50. The number of hydrogen-bond donors (Lipinski definition) is 0. The molecule has 41 heavy (non-hydrogen) atoms. The lowest BCUT2D eigenvalue weighted by atomic mass is 10.1. The minimum Gasteiger partial charge on any atom is -0.493 e. The molecular formula is C32H49N3O6. The molecule has 1 aliphatic rings. The van der Waals surface area contributed by atoms with Crippen LogP contribution in [-0.4, -0.2) is 93.2 Å². The summed E-state index contributed by atoms with van der Waals surface area (Å²) in [4.78, 5) is 33.0. The van der Waals surface area contributed by atoms with Crippen LogP contribution >= 0.6 is 0 Å². The van der Waals surface area contributed by atoms with Crippen molar-refractivity contribution in [2.45, 2.75) is 64.8 Å². The maximum Gasteiger partial charge on any atom is 0.242 e. The van der Waals surface area contributed by atoms with Gasteiger partial charge in [-0.25, -0.2) is 0 Å². The largest absolute Gasteiger partial charge is 0.493 e. The molecule has 1 aliphatic heterocycles. The molecule has 0 atom stereocenters. The van der Waals surface area contributed by atoms with Gasteiger partial charge in [-0.05, 0) is 49.1 Å². The molecule has 228 valence electrons. The summed E-state index contributed by atoms with van der Waals surface area (Å²) in [5.41, 5.74) is 1.03. The molecule has 2 aromatic rings. The number of carbonyl (C=O) groups is 2. The number of benzene rings is 1. The Balaban J connectivity index is 1.65. The topological polar surface area (TPSA) is 84.7 Å². The highest BCUT2D eigenvalue weighted by atomic mass is 16.5. The number of nitrogens with zero attached hydrogens (tertiary/aromatic N) is 3. The van der Waals surface area contributed by atoms with Gasteiger partial charge in [-0.15, -0.1) is 0 Å². The predicted octanol–water partition coefficient (Wildman–Crippen LogP) is 4.78. The average molecular weight is 572 g/mol. The molecule has 9 nitrogen and oxygen atoms in total. The van der Waals surface area contributed by atoms with Gasteiger partial charge in [-0.3, -0.25) is 14.5 Å². The lowest BCUT2D eigenvalue weighted by molar-refractivity contribution is -0.141. The highest BCUT2D eigenvalue weighted by molar-refractivity contribution is 5.84. The average Bonchev–Trinajstić information content (AvgIpc) is 3.52. The summed E-state index contributed by atoms with van der Waals surface area (Å²) in [6.45, 7) is 7.90. The van der Waals surface area contributed by atoms with E-state index in [1.807, 2.05) is 30.3 Å². The standard InChI is InChI=1S/C32H49N3O6/c1-4-5-6-7-8-12-31(36)34(17-10-16-33-19-22-40-23-20-33)26-32(37)35(25-28-11-9-21-41-28)18-15-27-13-14-29(38-2)30(24-27)39-3/h9,11,13-14,21,24H,4-8,10,12,15-20,22-23,25-26H2,1-3H3. The molecule has 0 spiro atoms. The van der Waals surface area contributed by atoms with Gasteiger partial charge in [0.1, 0.15) is 5.76 Å². The van der Waals surface area contributed by atoms with Crippen LogP contribution in [0.3, 0.4) is 0 Å². The van der Waals surface area contributed by atoms with Gasteiger partial charge in [0, 0.05) is 39.1 Å². The predicted molar refractivity (Wildman–Crippen MR) is 159 cm³/mol. The van der Waals surface area contributed by atoms with Crippen molar-refractivity contribution in [3.8, 4) is 11.5 Å². The van der Waals surface area contributed by atoms with Crippen molar-refractivity contribution in [3.05, 3.63) is 47.9 Å². The molecule has 0 saturated carbocycles.